The van der Waals surface area contributed by atoms with Gasteiger partial charge in [-0.1, -0.05) is 17.1 Å². The van der Waals surface area contributed by atoms with E-state index in [2.05, 4.69) is 16.9 Å². The Morgan fingerprint density at radius 2 is 2.28 bits per heavy atom. The van der Waals surface area contributed by atoms with E-state index in [1.807, 2.05) is 12.1 Å². The summed E-state index contributed by atoms with van der Waals surface area (Å²) < 4.78 is 5.44. The summed E-state index contributed by atoms with van der Waals surface area (Å²) in [4.78, 5) is 0.691. The SMILES string of the molecule is CC#Cc1cccc(N)c1COc1ccn(O)n1. The molecule has 0 amide bonds. The highest BCUT2D eigenvalue weighted by Crippen LogP contribution is 2.18. The Bertz CT molecular complexity index is 608. The molecule has 0 aliphatic heterocycles. The van der Waals surface area contributed by atoms with Gasteiger partial charge in [0.05, 0.1) is 6.20 Å². The van der Waals surface area contributed by atoms with Gasteiger partial charge in [0.1, 0.15) is 6.61 Å². The van der Waals surface area contributed by atoms with Crippen LogP contribution in [0.3, 0.4) is 0 Å². The van der Waals surface area contributed by atoms with E-state index in [9.17, 15) is 0 Å². The molecule has 0 spiro atoms. The number of hydrogen-bond donors (Lipinski definition) is 2. The lowest BCUT2D eigenvalue weighted by molar-refractivity contribution is 0.141. The first-order valence-electron chi connectivity index (χ1n) is 5.38. The molecule has 1 aromatic carbocycles. The molecule has 0 aliphatic carbocycles. The third-order valence-corrected chi connectivity index (χ3v) is 2.39. The largest absolute Gasteiger partial charge is 0.472 e. The summed E-state index contributed by atoms with van der Waals surface area (Å²) in [7, 11) is 0. The minimum Gasteiger partial charge on any atom is -0.472 e. The molecule has 0 saturated heterocycles. The number of nitrogen functional groups attached to an aromatic ring is 1. The Labute approximate surface area is 105 Å². The molecule has 0 saturated carbocycles. The van der Waals surface area contributed by atoms with Crippen molar-refractivity contribution in [3.63, 3.8) is 0 Å². The zero-order valence-electron chi connectivity index (χ0n) is 9.92. The number of rotatable bonds is 3. The molecule has 0 atom stereocenters. The molecule has 5 nitrogen and oxygen atoms in total. The molecule has 1 aromatic heterocycles. The Hall–Kier alpha value is -2.61. The van der Waals surface area contributed by atoms with Crippen molar-refractivity contribution >= 4 is 5.69 Å². The standard InChI is InChI=1S/C13H13N3O2/c1-2-4-10-5-3-6-12(14)11(10)9-18-13-7-8-16(17)15-13/h3,5-8,17H,9,14H2,1H3. The predicted octanol–water partition coefficient (Wildman–Crippen LogP) is 1.65. The number of benzene rings is 1. The van der Waals surface area contributed by atoms with Crippen LogP contribution in [-0.4, -0.2) is 15.2 Å². The van der Waals surface area contributed by atoms with E-state index in [1.165, 1.54) is 6.20 Å². The summed E-state index contributed by atoms with van der Waals surface area (Å²) in [6.07, 6.45) is 1.39. The van der Waals surface area contributed by atoms with Gasteiger partial charge in [-0.25, -0.2) is 0 Å². The summed E-state index contributed by atoms with van der Waals surface area (Å²) in [5, 5.41) is 12.7. The minimum atomic E-state index is 0.258. The lowest BCUT2D eigenvalue weighted by Crippen LogP contribution is -2.03. The highest BCUT2D eigenvalue weighted by molar-refractivity contribution is 5.56. The summed E-state index contributed by atoms with van der Waals surface area (Å²) in [6.45, 7) is 2.02. The van der Waals surface area contributed by atoms with Gasteiger partial charge in [0.25, 0.3) is 0 Å². The summed E-state index contributed by atoms with van der Waals surface area (Å²) in [5.74, 6) is 6.14. The lowest BCUT2D eigenvalue weighted by atomic mass is 10.1. The molecule has 0 fully saturated rings. The zero-order valence-corrected chi connectivity index (χ0v) is 9.92. The molecule has 0 bridgehead atoms. The van der Waals surface area contributed by atoms with Crippen molar-refractivity contribution in [2.24, 2.45) is 0 Å². The number of nitrogens with two attached hydrogens (primary N) is 1. The lowest BCUT2D eigenvalue weighted by Gasteiger charge is -2.08. The third kappa shape index (κ3) is 2.55. The summed E-state index contributed by atoms with van der Waals surface area (Å²) in [6, 6.07) is 7.09. The molecule has 2 rings (SSSR count). The molecular weight excluding hydrogens is 230 g/mol. The Kier molecular flexibility index (Phi) is 3.39. The quantitative estimate of drug-likeness (QED) is 0.488. The van der Waals surface area contributed by atoms with Crippen molar-refractivity contribution < 1.29 is 9.94 Å². The Balaban J connectivity index is 2.19. The first-order valence-corrected chi connectivity index (χ1v) is 5.38. The van der Waals surface area contributed by atoms with Crippen molar-refractivity contribution in [1.29, 1.82) is 0 Å². The van der Waals surface area contributed by atoms with Gasteiger partial charge >= 0.3 is 0 Å². The van der Waals surface area contributed by atoms with Crippen LogP contribution in [0.1, 0.15) is 18.1 Å². The van der Waals surface area contributed by atoms with E-state index in [1.54, 1.807) is 19.1 Å². The van der Waals surface area contributed by atoms with Crippen LogP contribution in [0.5, 0.6) is 5.88 Å². The van der Waals surface area contributed by atoms with E-state index < -0.39 is 0 Å². The fourth-order valence-corrected chi connectivity index (χ4v) is 1.54. The molecule has 92 valence electrons. The van der Waals surface area contributed by atoms with Gasteiger partial charge in [-0.3, -0.25) is 0 Å². The Morgan fingerprint density at radius 3 is 2.94 bits per heavy atom. The first kappa shape index (κ1) is 11.9. The van der Waals surface area contributed by atoms with Crippen molar-refractivity contribution in [2.75, 3.05) is 5.73 Å². The van der Waals surface area contributed by atoms with Crippen molar-refractivity contribution in [3.8, 4) is 17.7 Å². The van der Waals surface area contributed by atoms with Gasteiger partial charge in [0, 0.05) is 22.9 Å². The molecule has 3 N–H and O–H groups in total. The molecule has 2 aromatic rings. The summed E-state index contributed by atoms with van der Waals surface area (Å²) >= 11 is 0. The Morgan fingerprint density at radius 1 is 1.44 bits per heavy atom. The van der Waals surface area contributed by atoms with E-state index in [-0.39, 0.29) is 6.61 Å². The van der Waals surface area contributed by atoms with E-state index in [0.717, 1.165) is 11.1 Å². The van der Waals surface area contributed by atoms with Crippen molar-refractivity contribution in [1.82, 2.24) is 9.94 Å². The van der Waals surface area contributed by atoms with Gasteiger partial charge in [-0.2, -0.15) is 0 Å². The molecule has 0 radical (unpaired) electrons. The van der Waals surface area contributed by atoms with Gasteiger partial charge in [0.2, 0.25) is 5.88 Å². The maximum atomic E-state index is 9.02. The smallest absolute Gasteiger partial charge is 0.236 e. The molecular formula is C13H13N3O2. The number of hydrogen-bond acceptors (Lipinski definition) is 4. The van der Waals surface area contributed by atoms with E-state index in [0.29, 0.717) is 16.4 Å². The van der Waals surface area contributed by atoms with Crippen LogP contribution in [0, 0.1) is 11.8 Å². The van der Waals surface area contributed by atoms with Crippen LogP contribution in [0.15, 0.2) is 30.5 Å². The fraction of sp³-hybridized carbons (Fsp3) is 0.154. The normalized spacial score (nSPS) is 9.61. The van der Waals surface area contributed by atoms with Gasteiger partial charge in [-0.15, -0.1) is 10.8 Å². The average molecular weight is 243 g/mol. The predicted molar refractivity (Wildman–Crippen MR) is 67.1 cm³/mol. The summed E-state index contributed by atoms with van der Waals surface area (Å²) in [5.41, 5.74) is 8.18. The highest BCUT2D eigenvalue weighted by Gasteiger charge is 2.07. The van der Waals surface area contributed by atoms with Crippen LogP contribution in [0.4, 0.5) is 5.69 Å². The van der Waals surface area contributed by atoms with Gasteiger partial charge < -0.3 is 15.7 Å². The van der Waals surface area contributed by atoms with E-state index in [4.69, 9.17) is 15.7 Å². The second-order valence-electron chi connectivity index (χ2n) is 3.61. The molecule has 0 aliphatic rings. The maximum absolute atomic E-state index is 9.02. The highest BCUT2D eigenvalue weighted by atomic mass is 16.5. The molecule has 1 heterocycles. The van der Waals surface area contributed by atoms with Gasteiger partial charge in [0.15, 0.2) is 0 Å². The molecule has 18 heavy (non-hydrogen) atoms. The van der Waals surface area contributed by atoms with Crippen LogP contribution in [0.2, 0.25) is 0 Å². The minimum absolute atomic E-state index is 0.258. The van der Waals surface area contributed by atoms with Crippen molar-refractivity contribution in [3.05, 3.63) is 41.6 Å². The van der Waals surface area contributed by atoms with Gasteiger partial charge in [-0.05, 0) is 19.1 Å². The third-order valence-electron chi connectivity index (χ3n) is 2.39. The number of anilines is 1. The monoisotopic (exact) mass is 243 g/mol. The number of aromatic nitrogens is 2. The first-order chi connectivity index (χ1) is 8.70. The van der Waals surface area contributed by atoms with E-state index >= 15 is 0 Å². The second kappa shape index (κ2) is 5.15. The number of ether oxygens (including phenoxy) is 1. The fourth-order valence-electron chi connectivity index (χ4n) is 1.54. The number of nitrogens with zero attached hydrogens (tertiary/aromatic N) is 2. The molecule has 0 unspecified atom stereocenters. The van der Waals surface area contributed by atoms with Crippen molar-refractivity contribution in [2.45, 2.75) is 13.5 Å². The van der Waals surface area contributed by atoms with Crippen LogP contribution >= 0.6 is 0 Å². The average Bonchev–Trinajstić information content (AvgIpc) is 2.75. The van der Waals surface area contributed by atoms with Crippen LogP contribution in [0.25, 0.3) is 0 Å². The zero-order chi connectivity index (χ0) is 13.0. The van der Waals surface area contributed by atoms with Crippen LogP contribution < -0.4 is 10.5 Å². The second-order valence-corrected chi connectivity index (χ2v) is 3.61. The molecule has 5 heteroatoms. The topological polar surface area (TPSA) is 73.3 Å². The maximum Gasteiger partial charge on any atom is 0.236 e. The van der Waals surface area contributed by atoms with Crippen LogP contribution in [-0.2, 0) is 6.61 Å².